The number of hydrogen-bond donors (Lipinski definition) is 5. The van der Waals surface area contributed by atoms with E-state index in [1.54, 1.807) is 34.9 Å². The van der Waals surface area contributed by atoms with Crippen molar-refractivity contribution in [2.45, 2.75) is 126 Å². The lowest BCUT2D eigenvalue weighted by atomic mass is 9.47. The predicted octanol–water partition coefficient (Wildman–Crippen LogP) is 4.91. The molecule has 6 heterocycles. The molecule has 17 nitrogen and oxygen atoms in total. The number of para-hydroxylation sites is 1. The molecule has 3 aromatic rings. The fraction of sp³-hybridized carbons (Fsp3) is 0.635. The van der Waals surface area contributed by atoms with Gasteiger partial charge < -0.3 is 53.8 Å². The van der Waals surface area contributed by atoms with Gasteiger partial charge in [0.25, 0.3) is 5.91 Å². The molecule has 3 fully saturated rings. The maximum absolute atomic E-state index is 15.6. The van der Waals surface area contributed by atoms with E-state index in [1.807, 2.05) is 61.2 Å². The number of aliphatic hydroxyl groups excluding tert-OH is 1. The number of hydrogen-bond acceptors (Lipinski definition) is 15. The van der Waals surface area contributed by atoms with Gasteiger partial charge in [0.15, 0.2) is 5.60 Å². The molecular formula is C52H72N5O12P. The number of benzene rings is 2. The molecule has 2 aromatic carbocycles. The third-order valence-electron chi connectivity index (χ3n) is 17.2. The molecule has 5 aliphatic heterocycles. The smallest absolute Gasteiger partial charge is 0.353 e. The van der Waals surface area contributed by atoms with Gasteiger partial charge in [0.05, 0.1) is 52.1 Å². The minimum atomic E-state index is -4.29. The Bertz CT molecular complexity index is 2600. The molecule has 70 heavy (non-hydrogen) atoms. The highest BCUT2D eigenvalue weighted by Gasteiger charge is 2.79. The number of methoxy groups -OCH3 is 2. The molecule has 5 N–H and O–H groups in total. The number of carbonyl (C=O) groups is 3. The van der Waals surface area contributed by atoms with Crippen LogP contribution in [0.15, 0.2) is 48.6 Å². The molecule has 6 aliphatic rings. The number of rotatable bonds is 15. The third kappa shape index (κ3) is 7.34. The lowest BCUT2D eigenvalue weighted by molar-refractivity contribution is -0.203. The summed E-state index contributed by atoms with van der Waals surface area (Å²) in [5, 5.41) is 42.7. The van der Waals surface area contributed by atoms with Crippen molar-refractivity contribution in [1.29, 1.82) is 0 Å². The van der Waals surface area contributed by atoms with Gasteiger partial charge in [0.2, 0.25) is 0 Å². The predicted molar refractivity (Wildman–Crippen MR) is 263 cm³/mol. The Labute approximate surface area is 410 Å². The van der Waals surface area contributed by atoms with E-state index in [2.05, 4.69) is 26.2 Å². The summed E-state index contributed by atoms with van der Waals surface area (Å²) in [6, 6.07) is 10.4. The van der Waals surface area contributed by atoms with Gasteiger partial charge in [-0.2, -0.15) is 0 Å². The second-order valence-corrected chi connectivity index (χ2v) is 22.7. The van der Waals surface area contributed by atoms with Crippen LogP contribution in [0, 0.1) is 11.3 Å². The lowest BCUT2D eigenvalue weighted by Crippen LogP contribution is -2.82. The van der Waals surface area contributed by atoms with E-state index < -0.39 is 83.3 Å². The summed E-state index contributed by atoms with van der Waals surface area (Å²) in [5.74, 6) is -3.68. The first-order valence-electron chi connectivity index (χ1n) is 25.2. The van der Waals surface area contributed by atoms with Gasteiger partial charge in [-0.25, -0.2) is 0 Å². The maximum atomic E-state index is 15.6. The first kappa shape index (κ1) is 50.6. The second kappa shape index (κ2) is 18.6. The molecule has 11 atom stereocenters. The lowest BCUT2D eigenvalue weighted by Gasteiger charge is -2.63. The molecule has 2 bridgehead atoms. The minimum Gasteiger partial charge on any atom is -0.496 e. The van der Waals surface area contributed by atoms with Crippen molar-refractivity contribution in [2.75, 3.05) is 78.7 Å². The first-order valence-corrected chi connectivity index (χ1v) is 26.8. The van der Waals surface area contributed by atoms with E-state index in [0.29, 0.717) is 87.5 Å². The largest absolute Gasteiger partial charge is 0.496 e. The summed E-state index contributed by atoms with van der Waals surface area (Å²) in [7, 11) is 0.464. The van der Waals surface area contributed by atoms with Crippen LogP contribution in [0.3, 0.4) is 0 Å². The zero-order valence-corrected chi connectivity index (χ0v) is 42.8. The van der Waals surface area contributed by atoms with Gasteiger partial charge in [0.1, 0.15) is 23.1 Å². The summed E-state index contributed by atoms with van der Waals surface area (Å²) in [6.07, 6.45) is 4.25. The van der Waals surface area contributed by atoms with Crippen molar-refractivity contribution in [1.82, 2.24) is 20.1 Å². The van der Waals surface area contributed by atoms with Gasteiger partial charge in [-0.1, -0.05) is 44.2 Å². The number of aliphatic hydroxyl groups is 3. The van der Waals surface area contributed by atoms with E-state index in [-0.39, 0.29) is 32.2 Å². The van der Waals surface area contributed by atoms with Crippen molar-refractivity contribution in [2.24, 2.45) is 11.3 Å². The van der Waals surface area contributed by atoms with E-state index in [4.69, 9.17) is 23.3 Å². The first-order chi connectivity index (χ1) is 33.4. The number of nitrogens with one attached hydrogen (secondary N) is 2. The number of likely N-dealkylation sites (N-methyl/N-ethyl adjacent to an activating group) is 1. The average Bonchev–Trinajstić information content (AvgIpc) is 4.01. The highest BCUT2D eigenvalue weighted by atomic mass is 31.2. The van der Waals surface area contributed by atoms with Gasteiger partial charge in [-0.15, -0.1) is 0 Å². The molecule has 2 unspecified atom stereocenters. The SMILES string of the molecule is CCOC(=O)CC(NC(=O)[C@@]1(O)[C@H](O)[C@]2(CC)C=CCN3CC[C@@]4(c5cc([C@@]6(C(=O)OC)C[C@@H]7CN(CCc8c6[nH]c6ccccc86)C[C@](O)(CC)C7)c(OC)cc5N(C)[C@@H]14)[C@@H]32)P(=O)(OCC)OCC. The fourth-order valence-electron chi connectivity index (χ4n) is 14.5. The number of piperidine rings is 1. The number of nitrogens with zero attached hydrogens (tertiary/aromatic N) is 3. The van der Waals surface area contributed by atoms with Crippen LogP contribution >= 0.6 is 7.60 Å². The van der Waals surface area contributed by atoms with Crippen molar-refractivity contribution in [3.63, 3.8) is 0 Å². The van der Waals surface area contributed by atoms with Crippen LogP contribution in [-0.4, -0.2) is 157 Å². The quantitative estimate of drug-likeness (QED) is 0.0778. The standard InChI is InChI=1S/C52H72N5O12P/c1-9-48(62)28-32-29-51(47(61)66-8,42-34(19-23-56(30-32)31-48)33-17-14-15-18-37(33)53-42)36-25-35-38(26-39(36)65-7)55(6)44-50(35)21-24-57-22-16-20-49(10-2,43(50)57)45(59)52(44,63)46(60)54-40(27-41(58)67-11-3)70(64,68-12-4)69-13-5/h14-18,20,25-26,32,40,43-45,53,59,62-63H,9-13,19,21-24,27-31H2,1-8H3,(H,54,60)/t32-,40?,43+,44-,45-,48+,49-,50-,51+,52+/m1/s1. The van der Waals surface area contributed by atoms with Gasteiger partial charge in [-0.05, 0) is 95.0 Å². The molecule has 1 aliphatic carbocycles. The molecule has 18 heteroatoms. The van der Waals surface area contributed by atoms with Crippen molar-refractivity contribution < 1.29 is 57.5 Å². The van der Waals surface area contributed by atoms with Crippen LogP contribution in [-0.2, 0) is 54.7 Å². The summed E-state index contributed by atoms with van der Waals surface area (Å²) in [6.45, 7) is 11.7. The van der Waals surface area contributed by atoms with Gasteiger partial charge in [-0.3, -0.25) is 28.7 Å². The van der Waals surface area contributed by atoms with Gasteiger partial charge in [0, 0.05) is 84.0 Å². The van der Waals surface area contributed by atoms with Crippen molar-refractivity contribution in [3.8, 4) is 5.75 Å². The Hall–Kier alpha value is -4.32. The molecule has 0 radical (unpaired) electrons. The number of H-pyrrole nitrogens is 1. The Kier molecular flexibility index (Phi) is 13.5. The number of aromatic nitrogens is 1. The minimum absolute atomic E-state index is 0.0248. The van der Waals surface area contributed by atoms with Crippen LogP contribution in [0.5, 0.6) is 5.75 Å². The van der Waals surface area contributed by atoms with Gasteiger partial charge >= 0.3 is 19.5 Å². The number of ether oxygens (including phenoxy) is 3. The molecule has 1 spiro atoms. The van der Waals surface area contributed by atoms with Crippen LogP contribution < -0.4 is 15.0 Å². The van der Waals surface area contributed by atoms with Crippen LogP contribution in [0.1, 0.15) is 95.5 Å². The normalized spacial score (nSPS) is 33.8. The number of anilines is 1. The van der Waals surface area contributed by atoms with Crippen molar-refractivity contribution >= 4 is 42.0 Å². The average molecular weight is 990 g/mol. The monoisotopic (exact) mass is 989 g/mol. The molecule has 2 saturated heterocycles. The highest BCUT2D eigenvalue weighted by Crippen LogP contribution is 2.68. The molecule has 1 saturated carbocycles. The molecular weight excluding hydrogens is 918 g/mol. The zero-order valence-electron chi connectivity index (χ0n) is 41.9. The Morgan fingerprint density at radius 3 is 2.37 bits per heavy atom. The van der Waals surface area contributed by atoms with E-state index in [0.717, 1.165) is 22.0 Å². The molecule has 1 amide bonds. The van der Waals surface area contributed by atoms with E-state index in [9.17, 15) is 24.7 Å². The Balaban J connectivity index is 1.29. The Morgan fingerprint density at radius 1 is 0.957 bits per heavy atom. The molecule has 382 valence electrons. The molecule has 1 aromatic heterocycles. The van der Waals surface area contributed by atoms with Crippen LogP contribution in [0.4, 0.5) is 5.69 Å². The number of aromatic amines is 1. The van der Waals surface area contributed by atoms with Crippen molar-refractivity contribution in [3.05, 3.63) is 70.9 Å². The summed E-state index contributed by atoms with van der Waals surface area (Å²) in [5.41, 5.74) is -2.95. The number of carbonyl (C=O) groups excluding carboxylic acids is 3. The summed E-state index contributed by atoms with van der Waals surface area (Å²) < 4.78 is 43.7. The van der Waals surface area contributed by atoms with E-state index in [1.165, 1.54) is 7.11 Å². The third-order valence-corrected chi connectivity index (χ3v) is 19.5. The number of fused-ring (bicyclic) bond motifs is 6. The molecule has 9 rings (SSSR count). The number of esters is 2. The maximum Gasteiger partial charge on any atom is 0.353 e. The Morgan fingerprint density at radius 2 is 1.70 bits per heavy atom. The topological polar surface area (TPSA) is 213 Å². The second-order valence-electron chi connectivity index (χ2n) is 20.5. The summed E-state index contributed by atoms with van der Waals surface area (Å²) in [4.78, 5) is 54.6. The zero-order chi connectivity index (χ0) is 50.2. The van der Waals surface area contributed by atoms with Crippen LogP contribution in [0.2, 0.25) is 0 Å². The fourth-order valence-corrected chi connectivity index (χ4v) is 16.3. The van der Waals surface area contributed by atoms with Crippen LogP contribution in [0.25, 0.3) is 10.9 Å². The highest BCUT2D eigenvalue weighted by molar-refractivity contribution is 7.54. The summed E-state index contributed by atoms with van der Waals surface area (Å²) >= 11 is 0. The number of amides is 1. The van der Waals surface area contributed by atoms with E-state index >= 15 is 9.59 Å².